The number of nitrogens with one attached hydrogen (secondary N) is 2. The number of terminal acetylenes is 1. The Hall–Kier alpha value is -9.95. The van der Waals surface area contributed by atoms with Gasteiger partial charge in [0.1, 0.15) is 85.8 Å². The van der Waals surface area contributed by atoms with Gasteiger partial charge in [-0.25, -0.2) is 33.8 Å². The fourth-order valence-electron chi connectivity index (χ4n) is 14.3. The van der Waals surface area contributed by atoms with Crippen LogP contribution in [0, 0.1) is 12.3 Å². The van der Waals surface area contributed by atoms with Gasteiger partial charge in [-0.05, 0) is 117 Å². The molecule has 13 rings (SSSR count). The molecule has 0 saturated carbocycles. The van der Waals surface area contributed by atoms with Crippen LogP contribution in [0.4, 0.5) is 9.59 Å². The number of hydrogen-bond donors (Lipinski definition) is 12. The zero-order valence-electron chi connectivity index (χ0n) is 61.9. The summed E-state index contributed by atoms with van der Waals surface area (Å²) in [6, 6.07) is 13.7. The molecule has 6 aliphatic rings. The quantitative estimate of drug-likeness (QED) is 0.00865. The number of rotatable bonds is 27. The molecule has 2 fully saturated rings. The zero-order valence-corrected chi connectivity index (χ0v) is 61.9. The Bertz CT molecular complexity index is 4840. The first kappa shape index (κ1) is 83.0. The number of carbonyl (C=O) groups is 4. The molecule has 0 spiro atoms. The molecule has 0 radical (unpaired) electrons. The molecule has 12 N–H and O–H groups in total. The number of azide groups is 1. The summed E-state index contributed by atoms with van der Waals surface area (Å²) < 4.78 is 53.0. The lowest BCUT2D eigenvalue weighted by atomic mass is 9.86. The summed E-state index contributed by atoms with van der Waals surface area (Å²) in [6.07, 6.45) is -3.31. The molecule has 112 heavy (non-hydrogen) atoms. The molecule has 600 valence electrons. The van der Waals surface area contributed by atoms with Gasteiger partial charge in [-0.1, -0.05) is 43.9 Å². The van der Waals surface area contributed by atoms with Crippen LogP contribution in [0.1, 0.15) is 116 Å². The minimum atomic E-state index is -1.91. The van der Waals surface area contributed by atoms with Crippen molar-refractivity contribution in [2.75, 3.05) is 59.3 Å². The molecule has 37 heteroatoms. The second-order valence-electron chi connectivity index (χ2n) is 27.3. The minimum absolute atomic E-state index is 0.0394. The maximum absolute atomic E-state index is 13.6. The van der Waals surface area contributed by atoms with Crippen LogP contribution in [0.15, 0.2) is 69.4 Å². The van der Waals surface area contributed by atoms with Gasteiger partial charge in [0.2, 0.25) is 0 Å². The van der Waals surface area contributed by atoms with Crippen LogP contribution in [0.25, 0.3) is 55.0 Å². The lowest BCUT2D eigenvalue weighted by Crippen LogP contribution is -2.59. The fourth-order valence-corrected chi connectivity index (χ4v) is 14.3. The number of pyridine rings is 4. The first-order valence-electron chi connectivity index (χ1n) is 36.8. The van der Waals surface area contributed by atoms with Gasteiger partial charge in [0.25, 0.3) is 11.1 Å². The van der Waals surface area contributed by atoms with Gasteiger partial charge in [-0.3, -0.25) is 9.59 Å². The van der Waals surface area contributed by atoms with Gasteiger partial charge >= 0.3 is 24.1 Å². The number of carbonyl (C=O) groups excluding carboxylic acids is 4. The van der Waals surface area contributed by atoms with Gasteiger partial charge in [0.15, 0.2) is 17.5 Å². The molecule has 2 amide bonds. The van der Waals surface area contributed by atoms with E-state index in [0.29, 0.717) is 116 Å². The summed E-state index contributed by atoms with van der Waals surface area (Å²) in [5.74, 6) is 1.53. The van der Waals surface area contributed by atoms with Crippen molar-refractivity contribution in [2.45, 2.75) is 191 Å². The van der Waals surface area contributed by atoms with Crippen LogP contribution >= 0.6 is 0 Å². The number of aryl methyl sites for hydroxylation is 2. The topological polar surface area (TPSA) is 527 Å². The van der Waals surface area contributed by atoms with Gasteiger partial charge in [0.05, 0.1) is 103 Å². The first-order chi connectivity index (χ1) is 53.9. The summed E-state index contributed by atoms with van der Waals surface area (Å²) in [4.78, 5) is 89.2. The Balaban J connectivity index is 0.000000191. The monoisotopic (exact) mass is 1560 g/mol. The standard InChI is InChI=1S/C37H44N6O13.C29H29N3O7.C9H17N3O5/c1-3-21-22-12-20(6-7-26(22)39-29-23(21)15-43-27(29)13-25-24(33(43)48)18-54-35(49)37(25,51)4-2)55-36(50)38-8-5-10-52-17-19-14-42(41-40-19)9-11-53-34-32(47)31(46)30(45)28(16-44)56-34;1-4-11-37-12-7-10-30-28(35)39-17-8-9-23-19(13-17)18(5-2)20-15-32-24(25(20)31-23)14-22-21(26(32)33)16-38-27(34)29(22,36)6-3;10-12-11-3-1-2-5-7(14)9(16)8(15)6(4-13)17-5/h6-7,12-14,28,30-32,34,44-47,51H,3-5,8-11,15-18H2,1-2H3,(H,38,50);1,8-9,13-14,36H,5-7,10-12,15-16H2,2-3H3,(H,30,35);5-9,13-16H,1-4H2/t28-,30-,31+,32-,34-,37-;29-;5-,6+,7-,8+,9+/m001/s1. The molecule has 0 bridgehead atoms. The summed E-state index contributed by atoms with van der Waals surface area (Å²) in [5, 5.41) is 117. The Morgan fingerprint density at radius 2 is 1.16 bits per heavy atom. The van der Waals surface area contributed by atoms with Crippen LogP contribution in [-0.2, 0) is 106 Å². The second-order valence-corrected chi connectivity index (χ2v) is 27.3. The number of benzene rings is 2. The molecule has 7 aromatic rings. The second kappa shape index (κ2) is 36.7. The molecule has 2 saturated heterocycles. The predicted octanol–water partition coefficient (Wildman–Crippen LogP) is 1.43. The van der Waals surface area contributed by atoms with E-state index in [9.17, 15) is 74.7 Å². The van der Waals surface area contributed by atoms with Crippen molar-refractivity contribution in [3.63, 3.8) is 0 Å². The summed E-state index contributed by atoms with van der Waals surface area (Å²) >= 11 is 0. The molecule has 12 atom stereocenters. The SMILES string of the molecule is C#CCOCCCNC(=O)Oc1ccc2nc3c(c(CC)c2c1)Cn1c-3cc2c(c1=O)COC(=O)[C@]2(O)CC.CCc1c2c(nc3ccc(OC(=O)NCCCOCc4cn(CCO[C@H]5O[C@@H](CO)[C@H](O)[C@@H](O)[C@@H]5O)nn4)cc13)-c1cc3c(c(=O)n1C2)COC(=O)[C@]3(O)CC.[N-]=[N+]=NCCC[C@H]1O[C@@H](CO)[C@H](O)[C@@H](O)[C@@H]1O. The highest BCUT2D eigenvalue weighted by atomic mass is 16.7. The Labute approximate surface area is 639 Å². The Morgan fingerprint density at radius 1 is 0.661 bits per heavy atom. The minimum Gasteiger partial charge on any atom is -0.458 e. The highest BCUT2D eigenvalue weighted by molar-refractivity contribution is 5.92. The number of hydrogen-bond acceptors (Lipinski definition) is 30. The fraction of sp³-hybridized carbons (Fsp3) is 0.520. The first-order valence-corrected chi connectivity index (χ1v) is 36.8. The average molecular weight is 1560 g/mol. The van der Waals surface area contributed by atoms with Crippen LogP contribution in [-0.4, -0.2) is 230 Å². The number of aromatic nitrogens is 7. The number of aliphatic hydroxyl groups is 10. The normalized spacial score (nSPS) is 23.7. The van der Waals surface area contributed by atoms with Gasteiger partial charge in [-0.15, -0.1) is 11.5 Å². The summed E-state index contributed by atoms with van der Waals surface area (Å²) in [7, 11) is 0. The summed E-state index contributed by atoms with van der Waals surface area (Å²) in [5.41, 5.74) is 12.5. The molecule has 5 aromatic heterocycles. The van der Waals surface area contributed by atoms with Crippen molar-refractivity contribution < 1.29 is 113 Å². The zero-order chi connectivity index (χ0) is 80.3. The van der Waals surface area contributed by atoms with Gasteiger partial charge in [0, 0.05) is 70.8 Å². The van der Waals surface area contributed by atoms with Crippen LogP contribution in [0.3, 0.4) is 0 Å². The van der Waals surface area contributed by atoms with Crippen LogP contribution in [0.2, 0.25) is 0 Å². The molecule has 6 aliphatic heterocycles. The van der Waals surface area contributed by atoms with E-state index in [-0.39, 0.29) is 105 Å². The van der Waals surface area contributed by atoms with Crippen molar-refractivity contribution >= 4 is 45.9 Å². The molecule has 2 aromatic carbocycles. The number of ether oxygens (including phenoxy) is 9. The van der Waals surface area contributed by atoms with Gasteiger partial charge in [-0.2, -0.15) is 0 Å². The number of amides is 2. The number of aliphatic hydroxyl groups excluding tert-OH is 8. The lowest BCUT2D eigenvalue weighted by Gasteiger charge is -2.40. The van der Waals surface area contributed by atoms with Crippen molar-refractivity contribution in [3.05, 3.63) is 136 Å². The van der Waals surface area contributed by atoms with E-state index in [1.807, 2.05) is 13.8 Å². The van der Waals surface area contributed by atoms with Gasteiger partial charge < -0.3 is 113 Å². The molecule has 37 nitrogen and oxygen atoms in total. The Kier molecular flexibility index (Phi) is 27.2. The largest absolute Gasteiger partial charge is 0.458 e. The number of nitrogens with zero attached hydrogens (tertiary/aromatic N) is 10. The maximum Gasteiger partial charge on any atom is 0.412 e. The van der Waals surface area contributed by atoms with E-state index in [4.69, 9.17) is 69.7 Å². The third-order valence-electron chi connectivity index (χ3n) is 20.4. The van der Waals surface area contributed by atoms with Crippen molar-refractivity contribution in [1.29, 1.82) is 0 Å². The number of cyclic esters (lactones) is 2. The smallest absolute Gasteiger partial charge is 0.412 e. The lowest BCUT2D eigenvalue weighted by molar-refractivity contribution is -0.301. The third kappa shape index (κ3) is 17.3. The molecular formula is C75H90N12O25. The maximum atomic E-state index is 13.6. The molecule has 0 unspecified atom stereocenters. The van der Waals surface area contributed by atoms with E-state index >= 15 is 0 Å². The predicted molar refractivity (Wildman–Crippen MR) is 391 cm³/mol. The van der Waals surface area contributed by atoms with Crippen molar-refractivity contribution in [1.82, 2.24) is 44.7 Å². The highest BCUT2D eigenvalue weighted by Gasteiger charge is 2.49. The van der Waals surface area contributed by atoms with Crippen molar-refractivity contribution in [3.8, 4) is 46.6 Å². The van der Waals surface area contributed by atoms with E-state index in [0.717, 1.165) is 33.0 Å². The number of esters is 2. The van der Waals surface area contributed by atoms with Crippen molar-refractivity contribution in [2.24, 2.45) is 5.11 Å². The van der Waals surface area contributed by atoms with Crippen LogP contribution < -0.4 is 31.2 Å². The van der Waals surface area contributed by atoms with Crippen LogP contribution in [0.5, 0.6) is 11.5 Å². The van der Waals surface area contributed by atoms with E-state index < -0.39 is 110 Å². The van der Waals surface area contributed by atoms with E-state index in [1.165, 1.54) is 4.68 Å². The average Bonchev–Trinajstić information content (AvgIpc) is 1.55. The van der Waals surface area contributed by atoms with E-state index in [2.05, 4.69) is 36.9 Å². The molecule has 0 aliphatic carbocycles. The van der Waals surface area contributed by atoms with E-state index in [1.54, 1.807) is 77.7 Å². The third-order valence-corrected chi connectivity index (χ3v) is 20.4. The Morgan fingerprint density at radius 3 is 1.65 bits per heavy atom. The molecular weight excluding hydrogens is 1470 g/mol. The summed E-state index contributed by atoms with van der Waals surface area (Å²) in [6.45, 7) is 8.90. The molecule has 11 heterocycles. The highest BCUT2D eigenvalue weighted by Crippen LogP contribution is 2.44. The number of fused-ring (bicyclic) bond motifs is 10.